The molecule has 0 fully saturated rings. The Hall–Kier alpha value is -2.73. The number of urea groups is 1. The van der Waals surface area contributed by atoms with E-state index in [1.807, 2.05) is 19.9 Å². The molecule has 0 saturated heterocycles. The van der Waals surface area contributed by atoms with E-state index in [0.29, 0.717) is 34.0 Å². The zero-order chi connectivity index (χ0) is 17.3. The van der Waals surface area contributed by atoms with Crippen molar-refractivity contribution in [1.29, 1.82) is 0 Å². The number of carbonyl (C=O) groups excluding carboxylic acids is 1. The van der Waals surface area contributed by atoms with Crippen LogP contribution in [0.3, 0.4) is 0 Å². The number of nitrogens with one attached hydrogen (secondary N) is 2. The van der Waals surface area contributed by atoms with Gasteiger partial charge in [0, 0.05) is 29.0 Å². The van der Waals surface area contributed by atoms with Crippen molar-refractivity contribution in [3.63, 3.8) is 0 Å². The lowest BCUT2D eigenvalue weighted by Crippen LogP contribution is -2.19. The molecule has 0 bridgehead atoms. The third kappa shape index (κ3) is 3.14. The molecule has 3 rings (SSSR count). The molecule has 0 radical (unpaired) electrons. The first-order valence-electron chi connectivity index (χ1n) is 7.45. The van der Waals surface area contributed by atoms with E-state index in [0.717, 1.165) is 5.56 Å². The van der Waals surface area contributed by atoms with Gasteiger partial charge in [-0.1, -0.05) is 17.7 Å². The zero-order valence-electron chi connectivity index (χ0n) is 13.2. The van der Waals surface area contributed by atoms with E-state index in [4.69, 9.17) is 16.0 Å². The molecule has 3 aromatic rings. The molecular formula is C17H16ClN3O3. The summed E-state index contributed by atoms with van der Waals surface area (Å²) in [5, 5.41) is 5.98. The fraction of sp³-hybridized carbons (Fsp3) is 0.176. The highest BCUT2D eigenvalue weighted by Crippen LogP contribution is 2.21. The topological polar surface area (TPSA) is 76.3 Å². The average molecular weight is 346 g/mol. The van der Waals surface area contributed by atoms with Gasteiger partial charge in [0.05, 0.1) is 5.52 Å². The van der Waals surface area contributed by atoms with Gasteiger partial charge in [-0.15, -0.1) is 0 Å². The van der Waals surface area contributed by atoms with E-state index in [1.54, 1.807) is 30.3 Å². The molecule has 1 heterocycles. The lowest BCUT2D eigenvalue weighted by molar-refractivity contribution is 0.262. The molecule has 2 amide bonds. The Bertz CT molecular complexity index is 975. The van der Waals surface area contributed by atoms with Gasteiger partial charge in [0.15, 0.2) is 5.58 Å². The third-order valence-corrected chi connectivity index (χ3v) is 4.08. The standard InChI is InChI=1S/C17H16ClN3O3/c1-3-21-14-7-6-12(9-15(14)24-17(21)23)20-16(22)19-11-5-4-10(2)13(18)8-11/h4-9H,3H2,1-2H3,(H2,19,20,22). The third-order valence-electron chi connectivity index (χ3n) is 3.67. The molecule has 2 N–H and O–H groups in total. The lowest BCUT2D eigenvalue weighted by Gasteiger charge is -2.09. The molecule has 0 aliphatic carbocycles. The zero-order valence-corrected chi connectivity index (χ0v) is 14.0. The number of benzene rings is 2. The Morgan fingerprint density at radius 3 is 2.50 bits per heavy atom. The van der Waals surface area contributed by atoms with E-state index >= 15 is 0 Å². The molecule has 24 heavy (non-hydrogen) atoms. The highest BCUT2D eigenvalue weighted by molar-refractivity contribution is 6.31. The van der Waals surface area contributed by atoms with Crippen molar-refractivity contribution in [1.82, 2.24) is 4.57 Å². The Morgan fingerprint density at radius 2 is 1.83 bits per heavy atom. The molecular weight excluding hydrogens is 330 g/mol. The minimum atomic E-state index is -0.414. The van der Waals surface area contributed by atoms with E-state index in [-0.39, 0.29) is 0 Å². The number of oxazole rings is 1. The summed E-state index contributed by atoms with van der Waals surface area (Å²) < 4.78 is 6.70. The van der Waals surface area contributed by atoms with Crippen LogP contribution in [0.1, 0.15) is 12.5 Å². The molecule has 2 aromatic carbocycles. The first kappa shape index (κ1) is 16.1. The molecule has 124 valence electrons. The van der Waals surface area contributed by atoms with Gasteiger partial charge in [-0.05, 0) is 43.7 Å². The fourth-order valence-electron chi connectivity index (χ4n) is 2.41. The van der Waals surface area contributed by atoms with Crippen molar-refractivity contribution in [2.24, 2.45) is 0 Å². The number of aryl methyl sites for hydroxylation is 2. The quantitative estimate of drug-likeness (QED) is 0.746. The number of halogens is 1. The molecule has 0 saturated carbocycles. The van der Waals surface area contributed by atoms with Gasteiger partial charge in [-0.2, -0.15) is 0 Å². The summed E-state index contributed by atoms with van der Waals surface area (Å²) in [6.07, 6.45) is 0. The first-order valence-corrected chi connectivity index (χ1v) is 7.83. The van der Waals surface area contributed by atoms with E-state index in [1.165, 1.54) is 4.57 Å². The summed E-state index contributed by atoms with van der Waals surface area (Å²) in [6, 6.07) is 9.93. The number of hydrogen-bond acceptors (Lipinski definition) is 3. The second-order valence-electron chi connectivity index (χ2n) is 5.34. The number of carbonyl (C=O) groups is 1. The molecule has 7 heteroatoms. The maximum atomic E-state index is 12.1. The minimum Gasteiger partial charge on any atom is -0.408 e. The van der Waals surface area contributed by atoms with Crippen molar-refractivity contribution in [3.8, 4) is 0 Å². The van der Waals surface area contributed by atoms with E-state index in [9.17, 15) is 9.59 Å². The van der Waals surface area contributed by atoms with Crippen LogP contribution in [0, 0.1) is 6.92 Å². The number of hydrogen-bond donors (Lipinski definition) is 2. The molecule has 1 aromatic heterocycles. The van der Waals surface area contributed by atoms with E-state index < -0.39 is 11.8 Å². The molecule has 0 aliphatic rings. The maximum Gasteiger partial charge on any atom is 0.419 e. The summed E-state index contributed by atoms with van der Waals surface area (Å²) in [4.78, 5) is 23.8. The molecule has 6 nitrogen and oxygen atoms in total. The van der Waals surface area contributed by atoms with Crippen LogP contribution in [0.5, 0.6) is 0 Å². The van der Waals surface area contributed by atoms with Crippen molar-refractivity contribution in [3.05, 3.63) is 57.5 Å². The molecule has 0 unspecified atom stereocenters. The summed E-state index contributed by atoms with van der Waals surface area (Å²) in [5.41, 5.74) is 3.17. The van der Waals surface area contributed by atoms with Crippen LogP contribution < -0.4 is 16.4 Å². The monoisotopic (exact) mass is 345 g/mol. The van der Waals surface area contributed by atoms with Gasteiger partial charge in [-0.25, -0.2) is 9.59 Å². The van der Waals surface area contributed by atoms with Crippen LogP contribution in [0.2, 0.25) is 5.02 Å². The smallest absolute Gasteiger partial charge is 0.408 e. The second kappa shape index (κ2) is 6.41. The number of rotatable bonds is 3. The van der Waals surface area contributed by atoms with Crippen LogP contribution in [-0.2, 0) is 6.54 Å². The first-order chi connectivity index (χ1) is 11.5. The van der Waals surface area contributed by atoms with Crippen LogP contribution in [0.25, 0.3) is 11.1 Å². The second-order valence-corrected chi connectivity index (χ2v) is 5.75. The highest BCUT2D eigenvalue weighted by Gasteiger charge is 2.10. The Balaban J connectivity index is 1.77. The van der Waals surface area contributed by atoms with Gasteiger partial charge in [0.1, 0.15) is 0 Å². The van der Waals surface area contributed by atoms with Crippen molar-refractivity contribution >= 4 is 40.1 Å². The number of fused-ring (bicyclic) bond motifs is 1. The van der Waals surface area contributed by atoms with Crippen LogP contribution in [-0.4, -0.2) is 10.6 Å². The minimum absolute atomic E-state index is 0.411. The number of anilines is 2. The maximum absolute atomic E-state index is 12.1. The van der Waals surface area contributed by atoms with Gasteiger partial charge < -0.3 is 15.1 Å². The highest BCUT2D eigenvalue weighted by atomic mass is 35.5. The molecule has 0 atom stereocenters. The predicted molar refractivity (Wildman–Crippen MR) is 95.0 cm³/mol. The average Bonchev–Trinajstić information content (AvgIpc) is 2.85. The predicted octanol–water partition coefficient (Wildman–Crippen LogP) is 4.22. The van der Waals surface area contributed by atoms with Crippen LogP contribution in [0.4, 0.5) is 16.2 Å². The largest absolute Gasteiger partial charge is 0.419 e. The fourth-order valence-corrected chi connectivity index (χ4v) is 2.59. The Morgan fingerprint density at radius 1 is 1.17 bits per heavy atom. The number of aromatic nitrogens is 1. The van der Waals surface area contributed by atoms with Gasteiger partial charge in [0.25, 0.3) is 0 Å². The van der Waals surface area contributed by atoms with E-state index in [2.05, 4.69) is 10.6 Å². The van der Waals surface area contributed by atoms with Crippen LogP contribution >= 0.6 is 11.6 Å². The SMILES string of the molecule is CCn1c(=O)oc2cc(NC(=O)Nc3ccc(C)c(Cl)c3)ccc21. The Labute approximate surface area is 143 Å². The summed E-state index contributed by atoms with van der Waals surface area (Å²) in [6.45, 7) is 4.27. The summed E-state index contributed by atoms with van der Waals surface area (Å²) in [7, 11) is 0. The summed E-state index contributed by atoms with van der Waals surface area (Å²) >= 11 is 6.04. The van der Waals surface area contributed by atoms with Gasteiger partial charge in [0.2, 0.25) is 0 Å². The van der Waals surface area contributed by atoms with Crippen molar-refractivity contribution < 1.29 is 9.21 Å². The molecule has 0 spiro atoms. The normalized spacial score (nSPS) is 10.8. The number of nitrogens with zero attached hydrogens (tertiary/aromatic N) is 1. The lowest BCUT2D eigenvalue weighted by atomic mass is 10.2. The van der Waals surface area contributed by atoms with Gasteiger partial charge >= 0.3 is 11.8 Å². The number of amides is 2. The Kier molecular flexibility index (Phi) is 4.31. The van der Waals surface area contributed by atoms with Crippen LogP contribution in [0.15, 0.2) is 45.6 Å². The van der Waals surface area contributed by atoms with Gasteiger partial charge in [-0.3, -0.25) is 4.57 Å². The molecule has 0 aliphatic heterocycles. The van der Waals surface area contributed by atoms with Crippen molar-refractivity contribution in [2.75, 3.05) is 10.6 Å². The van der Waals surface area contributed by atoms with Crippen molar-refractivity contribution in [2.45, 2.75) is 20.4 Å². The summed E-state index contributed by atoms with van der Waals surface area (Å²) in [5.74, 6) is -0.414.